The molecular weight excluding hydrogens is 280 g/mol. The van der Waals surface area contributed by atoms with Crippen molar-refractivity contribution in [2.24, 2.45) is 0 Å². The summed E-state index contributed by atoms with van der Waals surface area (Å²) >= 11 is 0. The lowest BCUT2D eigenvalue weighted by molar-refractivity contribution is -0.384. The highest BCUT2D eigenvalue weighted by Gasteiger charge is 2.20. The molecule has 20 heavy (non-hydrogen) atoms. The van der Waals surface area contributed by atoms with Gasteiger partial charge in [-0.2, -0.15) is 0 Å². The summed E-state index contributed by atoms with van der Waals surface area (Å²) in [5.41, 5.74) is 0.158. The molecule has 0 spiro atoms. The van der Waals surface area contributed by atoms with E-state index in [1.807, 2.05) is 6.08 Å². The van der Waals surface area contributed by atoms with Crippen LogP contribution in [-0.4, -0.2) is 25.6 Å². The van der Waals surface area contributed by atoms with E-state index in [1.165, 1.54) is 12.1 Å². The number of hydrogen-bond acceptors (Lipinski definition) is 5. The maximum atomic E-state index is 11.5. The number of rotatable bonds is 4. The zero-order valence-corrected chi connectivity index (χ0v) is 11.9. The van der Waals surface area contributed by atoms with Gasteiger partial charge in [-0.25, -0.2) is 8.42 Å². The number of nitro groups is 1. The Hall–Kier alpha value is -1.89. The number of nitrogens with one attached hydrogen (secondary N) is 1. The van der Waals surface area contributed by atoms with Crippen LogP contribution in [0.2, 0.25) is 0 Å². The van der Waals surface area contributed by atoms with Crippen LogP contribution in [0.1, 0.15) is 19.3 Å². The van der Waals surface area contributed by atoms with Gasteiger partial charge in [0.15, 0.2) is 9.84 Å². The van der Waals surface area contributed by atoms with Crippen molar-refractivity contribution in [2.45, 2.75) is 30.2 Å². The minimum atomic E-state index is -3.45. The van der Waals surface area contributed by atoms with E-state index in [0.717, 1.165) is 31.6 Å². The number of nitro benzene ring substituents is 1. The molecule has 0 aliphatic heterocycles. The molecule has 0 saturated carbocycles. The third-order valence-corrected chi connectivity index (χ3v) is 4.33. The summed E-state index contributed by atoms with van der Waals surface area (Å²) in [4.78, 5) is 10.5. The smallest absolute Gasteiger partial charge is 0.293 e. The highest BCUT2D eigenvalue weighted by molar-refractivity contribution is 7.90. The van der Waals surface area contributed by atoms with Crippen molar-refractivity contribution in [3.63, 3.8) is 0 Å². The maximum Gasteiger partial charge on any atom is 0.293 e. The van der Waals surface area contributed by atoms with Gasteiger partial charge in [0.25, 0.3) is 5.69 Å². The van der Waals surface area contributed by atoms with E-state index >= 15 is 0 Å². The van der Waals surface area contributed by atoms with Crippen LogP contribution in [0, 0.1) is 10.1 Å². The van der Waals surface area contributed by atoms with Crippen molar-refractivity contribution >= 4 is 21.2 Å². The fraction of sp³-hybridized carbons (Fsp3) is 0.385. The topological polar surface area (TPSA) is 89.3 Å². The van der Waals surface area contributed by atoms with E-state index in [0.29, 0.717) is 5.69 Å². The molecule has 0 heterocycles. The van der Waals surface area contributed by atoms with Crippen LogP contribution in [0.5, 0.6) is 0 Å². The Labute approximate surface area is 117 Å². The zero-order chi connectivity index (χ0) is 14.8. The Bertz CT molecular complexity index is 652. The van der Waals surface area contributed by atoms with E-state index in [-0.39, 0.29) is 16.6 Å². The molecule has 1 unspecified atom stereocenters. The van der Waals surface area contributed by atoms with Crippen LogP contribution < -0.4 is 5.32 Å². The molecule has 1 aliphatic carbocycles. The summed E-state index contributed by atoms with van der Waals surface area (Å²) in [6.07, 6.45) is 7.81. The molecule has 1 N–H and O–H groups in total. The lowest BCUT2D eigenvalue weighted by Gasteiger charge is -2.20. The second kappa shape index (κ2) is 5.62. The average Bonchev–Trinajstić information content (AvgIpc) is 2.38. The minimum absolute atomic E-state index is 0.0433. The molecule has 7 heteroatoms. The predicted molar refractivity (Wildman–Crippen MR) is 76.6 cm³/mol. The fourth-order valence-electron chi connectivity index (χ4n) is 2.16. The van der Waals surface area contributed by atoms with Gasteiger partial charge in [0.2, 0.25) is 0 Å². The second-order valence-corrected chi connectivity index (χ2v) is 6.85. The lowest BCUT2D eigenvalue weighted by atomic mass is 10.0. The van der Waals surface area contributed by atoms with Gasteiger partial charge < -0.3 is 5.32 Å². The molecule has 0 fully saturated rings. The third kappa shape index (κ3) is 3.36. The van der Waals surface area contributed by atoms with Gasteiger partial charge in [0.05, 0.1) is 9.82 Å². The summed E-state index contributed by atoms with van der Waals surface area (Å²) < 4.78 is 22.9. The van der Waals surface area contributed by atoms with Gasteiger partial charge in [-0.1, -0.05) is 12.2 Å². The Morgan fingerprint density at radius 1 is 1.35 bits per heavy atom. The van der Waals surface area contributed by atoms with Gasteiger partial charge in [0, 0.05) is 18.4 Å². The Morgan fingerprint density at radius 2 is 2.10 bits per heavy atom. The number of allylic oxidation sites excluding steroid dienone is 1. The largest absolute Gasteiger partial charge is 0.376 e. The van der Waals surface area contributed by atoms with Crippen molar-refractivity contribution < 1.29 is 13.3 Å². The molecule has 1 aliphatic rings. The van der Waals surface area contributed by atoms with E-state index in [4.69, 9.17) is 0 Å². The number of benzene rings is 1. The molecule has 0 radical (unpaired) electrons. The molecule has 108 valence electrons. The van der Waals surface area contributed by atoms with Crippen LogP contribution in [0.15, 0.2) is 35.2 Å². The van der Waals surface area contributed by atoms with Gasteiger partial charge in [-0.15, -0.1) is 0 Å². The molecule has 1 aromatic rings. The van der Waals surface area contributed by atoms with E-state index in [2.05, 4.69) is 11.4 Å². The molecule has 0 bridgehead atoms. The molecule has 2 rings (SSSR count). The lowest BCUT2D eigenvalue weighted by Crippen LogP contribution is -2.21. The van der Waals surface area contributed by atoms with Crippen LogP contribution in [0.4, 0.5) is 11.4 Å². The number of nitrogens with zero attached hydrogens (tertiary/aromatic N) is 1. The first kappa shape index (κ1) is 14.5. The van der Waals surface area contributed by atoms with E-state index in [1.54, 1.807) is 0 Å². The number of anilines is 1. The molecular formula is C13H16N2O4S. The fourth-order valence-corrected chi connectivity index (χ4v) is 2.80. The predicted octanol–water partition coefficient (Wildman–Crippen LogP) is 2.52. The van der Waals surface area contributed by atoms with Crippen LogP contribution in [0.25, 0.3) is 0 Å². The third-order valence-electron chi connectivity index (χ3n) is 3.22. The molecule has 6 nitrogen and oxygen atoms in total. The summed E-state index contributed by atoms with van der Waals surface area (Å²) in [5, 5.41) is 14.2. The van der Waals surface area contributed by atoms with Gasteiger partial charge in [-0.05, 0) is 31.4 Å². The summed E-state index contributed by atoms with van der Waals surface area (Å²) in [6.45, 7) is 0. The Morgan fingerprint density at radius 3 is 2.65 bits per heavy atom. The van der Waals surface area contributed by atoms with Crippen LogP contribution >= 0.6 is 0 Å². The average molecular weight is 296 g/mol. The van der Waals surface area contributed by atoms with Gasteiger partial charge in [-0.3, -0.25) is 10.1 Å². The van der Waals surface area contributed by atoms with Crippen molar-refractivity contribution in [2.75, 3.05) is 11.6 Å². The van der Waals surface area contributed by atoms with Gasteiger partial charge in [0.1, 0.15) is 5.69 Å². The highest BCUT2D eigenvalue weighted by Crippen LogP contribution is 2.29. The Balaban J connectivity index is 2.33. The summed E-state index contributed by atoms with van der Waals surface area (Å²) in [5.74, 6) is 0. The first-order valence-corrected chi connectivity index (χ1v) is 8.17. The van der Waals surface area contributed by atoms with Crippen molar-refractivity contribution in [1.82, 2.24) is 0 Å². The molecule has 0 aromatic heterocycles. The molecule has 1 aromatic carbocycles. The summed E-state index contributed by atoms with van der Waals surface area (Å²) in [6, 6.07) is 4.11. The number of hydrogen-bond donors (Lipinski definition) is 1. The monoisotopic (exact) mass is 296 g/mol. The summed E-state index contributed by atoms with van der Waals surface area (Å²) in [7, 11) is -3.45. The zero-order valence-electron chi connectivity index (χ0n) is 11.1. The quantitative estimate of drug-likeness (QED) is 0.524. The van der Waals surface area contributed by atoms with Gasteiger partial charge >= 0.3 is 0 Å². The van der Waals surface area contributed by atoms with E-state index < -0.39 is 14.8 Å². The molecule has 0 saturated heterocycles. The highest BCUT2D eigenvalue weighted by atomic mass is 32.2. The van der Waals surface area contributed by atoms with Crippen molar-refractivity contribution in [1.29, 1.82) is 0 Å². The molecule has 0 amide bonds. The SMILES string of the molecule is CS(=O)(=O)c1ccc(NC2CC=CCC2)c([N+](=O)[O-])c1. The van der Waals surface area contributed by atoms with Crippen LogP contribution in [0.3, 0.4) is 0 Å². The second-order valence-electron chi connectivity index (χ2n) is 4.83. The maximum absolute atomic E-state index is 11.5. The number of sulfone groups is 1. The first-order valence-electron chi connectivity index (χ1n) is 6.28. The van der Waals surface area contributed by atoms with Crippen molar-refractivity contribution in [3.05, 3.63) is 40.5 Å². The van der Waals surface area contributed by atoms with E-state index in [9.17, 15) is 18.5 Å². The first-order chi connectivity index (χ1) is 9.38. The minimum Gasteiger partial charge on any atom is -0.376 e. The molecule has 1 atom stereocenters. The normalized spacial score (nSPS) is 18.8. The van der Waals surface area contributed by atoms with Crippen LogP contribution in [-0.2, 0) is 9.84 Å². The Kier molecular flexibility index (Phi) is 4.08. The standard InChI is InChI=1S/C13H16N2O4S/c1-20(18,19)11-7-8-12(13(9-11)15(16)17)14-10-5-3-2-4-6-10/h2-3,7-10,14H,4-6H2,1H3. The van der Waals surface area contributed by atoms with Crippen molar-refractivity contribution in [3.8, 4) is 0 Å².